The number of carbonyl (C=O) groups is 2. The molecule has 0 radical (unpaired) electrons. The maximum absolute atomic E-state index is 12.0. The van der Waals surface area contributed by atoms with Crippen molar-refractivity contribution in [3.05, 3.63) is 60.1 Å². The molecule has 98 valence electrons. The Labute approximate surface area is 109 Å². The molecule has 1 aromatic carbocycles. The molecule has 1 heterocycles. The maximum atomic E-state index is 12.0. The molecular formula is C14H13NO4. The number of aliphatic carboxylic acids is 1. The summed E-state index contributed by atoms with van der Waals surface area (Å²) < 4.78 is 5.16. The van der Waals surface area contributed by atoms with Crippen LogP contribution in [0.4, 0.5) is 0 Å². The average Bonchev–Trinajstić information content (AvgIpc) is 2.92. The largest absolute Gasteiger partial charge is 0.481 e. The van der Waals surface area contributed by atoms with E-state index in [1.165, 1.54) is 6.26 Å². The fourth-order valence-corrected chi connectivity index (χ4v) is 1.72. The number of hydrogen-bond donors (Lipinski definition) is 2. The van der Waals surface area contributed by atoms with Crippen LogP contribution in [-0.4, -0.2) is 17.0 Å². The van der Waals surface area contributed by atoms with Gasteiger partial charge in [-0.15, -0.1) is 0 Å². The van der Waals surface area contributed by atoms with Gasteiger partial charge in [-0.05, 0) is 24.3 Å². The third kappa shape index (κ3) is 3.45. The monoisotopic (exact) mass is 259 g/mol. The van der Waals surface area contributed by atoms with Crippen LogP contribution in [-0.2, 0) is 4.79 Å². The van der Waals surface area contributed by atoms with E-state index >= 15 is 0 Å². The van der Waals surface area contributed by atoms with Gasteiger partial charge >= 0.3 is 5.97 Å². The molecular weight excluding hydrogens is 246 g/mol. The molecule has 1 aromatic heterocycles. The van der Waals surface area contributed by atoms with Crippen molar-refractivity contribution in [3.63, 3.8) is 0 Å². The van der Waals surface area contributed by atoms with E-state index in [4.69, 9.17) is 9.52 Å². The summed E-state index contributed by atoms with van der Waals surface area (Å²) in [4.78, 5) is 22.8. The van der Waals surface area contributed by atoms with Crippen LogP contribution in [0.2, 0.25) is 0 Å². The SMILES string of the molecule is O=C(O)C[C@@H](NC(=O)c1ccccc1)c1ccco1. The van der Waals surface area contributed by atoms with Crippen molar-refractivity contribution in [2.24, 2.45) is 0 Å². The van der Waals surface area contributed by atoms with Crippen molar-refractivity contribution in [2.45, 2.75) is 12.5 Å². The van der Waals surface area contributed by atoms with Crippen molar-refractivity contribution >= 4 is 11.9 Å². The lowest BCUT2D eigenvalue weighted by Gasteiger charge is -2.14. The van der Waals surface area contributed by atoms with Crippen LogP contribution in [0.5, 0.6) is 0 Å². The number of benzene rings is 1. The van der Waals surface area contributed by atoms with E-state index in [0.29, 0.717) is 11.3 Å². The number of rotatable bonds is 5. The van der Waals surface area contributed by atoms with Gasteiger partial charge in [0.1, 0.15) is 5.76 Å². The molecule has 2 rings (SSSR count). The Balaban J connectivity index is 2.12. The van der Waals surface area contributed by atoms with Crippen LogP contribution in [0.15, 0.2) is 53.1 Å². The number of hydrogen-bond acceptors (Lipinski definition) is 3. The van der Waals surface area contributed by atoms with Gasteiger partial charge in [0, 0.05) is 5.56 Å². The molecule has 1 amide bonds. The topological polar surface area (TPSA) is 79.5 Å². The van der Waals surface area contributed by atoms with E-state index in [9.17, 15) is 9.59 Å². The van der Waals surface area contributed by atoms with Crippen LogP contribution in [0.3, 0.4) is 0 Å². The second-order valence-electron chi connectivity index (χ2n) is 4.01. The first-order chi connectivity index (χ1) is 9.16. The molecule has 0 saturated carbocycles. The lowest BCUT2D eigenvalue weighted by Crippen LogP contribution is -2.29. The van der Waals surface area contributed by atoms with Crippen molar-refractivity contribution in [3.8, 4) is 0 Å². The standard InChI is InChI=1S/C14H13NO4/c16-13(17)9-11(12-7-4-8-19-12)15-14(18)10-5-2-1-3-6-10/h1-8,11H,9H2,(H,15,18)(H,16,17)/t11-/m1/s1. The second-order valence-corrected chi connectivity index (χ2v) is 4.01. The van der Waals surface area contributed by atoms with Crippen molar-refractivity contribution in [1.29, 1.82) is 0 Å². The van der Waals surface area contributed by atoms with E-state index in [1.807, 2.05) is 0 Å². The molecule has 2 N–H and O–H groups in total. The Morgan fingerprint density at radius 2 is 1.89 bits per heavy atom. The Hall–Kier alpha value is -2.56. The van der Waals surface area contributed by atoms with E-state index in [1.54, 1.807) is 42.5 Å². The molecule has 1 atom stereocenters. The first-order valence-electron chi connectivity index (χ1n) is 5.78. The third-order valence-corrected chi connectivity index (χ3v) is 2.61. The van der Waals surface area contributed by atoms with Crippen molar-refractivity contribution < 1.29 is 19.1 Å². The summed E-state index contributed by atoms with van der Waals surface area (Å²) in [7, 11) is 0. The Morgan fingerprint density at radius 1 is 1.16 bits per heavy atom. The molecule has 19 heavy (non-hydrogen) atoms. The van der Waals surface area contributed by atoms with Gasteiger partial charge in [0.2, 0.25) is 0 Å². The average molecular weight is 259 g/mol. The molecule has 0 aliphatic rings. The fourth-order valence-electron chi connectivity index (χ4n) is 1.72. The molecule has 0 aliphatic heterocycles. The quantitative estimate of drug-likeness (QED) is 0.862. The maximum Gasteiger partial charge on any atom is 0.305 e. The van der Waals surface area contributed by atoms with E-state index in [0.717, 1.165) is 0 Å². The number of nitrogens with one attached hydrogen (secondary N) is 1. The highest BCUT2D eigenvalue weighted by Gasteiger charge is 2.20. The summed E-state index contributed by atoms with van der Waals surface area (Å²) in [5, 5.41) is 11.5. The Kier molecular flexibility index (Phi) is 3.97. The molecule has 2 aromatic rings. The molecule has 0 saturated heterocycles. The zero-order valence-corrected chi connectivity index (χ0v) is 10.1. The van der Waals surface area contributed by atoms with Gasteiger partial charge in [-0.2, -0.15) is 0 Å². The molecule has 0 spiro atoms. The van der Waals surface area contributed by atoms with Gasteiger partial charge in [0.15, 0.2) is 0 Å². The first-order valence-corrected chi connectivity index (χ1v) is 5.78. The highest BCUT2D eigenvalue weighted by Crippen LogP contribution is 2.18. The van der Waals surface area contributed by atoms with E-state index < -0.39 is 12.0 Å². The summed E-state index contributed by atoms with van der Waals surface area (Å²) >= 11 is 0. The lowest BCUT2D eigenvalue weighted by molar-refractivity contribution is -0.137. The summed E-state index contributed by atoms with van der Waals surface area (Å²) in [6, 6.07) is 11.2. The summed E-state index contributed by atoms with van der Waals surface area (Å²) in [6.45, 7) is 0. The molecule has 0 bridgehead atoms. The zero-order valence-electron chi connectivity index (χ0n) is 10.1. The smallest absolute Gasteiger partial charge is 0.305 e. The Morgan fingerprint density at radius 3 is 2.47 bits per heavy atom. The predicted octanol–water partition coefficient (Wildman–Crippen LogP) is 2.23. The van der Waals surface area contributed by atoms with Crippen LogP contribution in [0.1, 0.15) is 28.6 Å². The van der Waals surface area contributed by atoms with Gasteiger partial charge in [0.25, 0.3) is 5.91 Å². The summed E-state index contributed by atoms with van der Waals surface area (Å²) in [5.74, 6) is -0.912. The van der Waals surface area contributed by atoms with Crippen LogP contribution in [0, 0.1) is 0 Å². The predicted molar refractivity (Wildman–Crippen MR) is 67.6 cm³/mol. The van der Waals surface area contributed by atoms with Crippen molar-refractivity contribution in [1.82, 2.24) is 5.32 Å². The van der Waals surface area contributed by atoms with Gasteiger partial charge in [-0.25, -0.2) is 0 Å². The number of furan rings is 1. The highest BCUT2D eigenvalue weighted by atomic mass is 16.4. The molecule has 0 aliphatic carbocycles. The number of carbonyl (C=O) groups excluding carboxylic acids is 1. The van der Waals surface area contributed by atoms with Gasteiger partial charge in [-0.1, -0.05) is 18.2 Å². The van der Waals surface area contributed by atoms with E-state index in [-0.39, 0.29) is 12.3 Å². The van der Waals surface area contributed by atoms with Crippen molar-refractivity contribution in [2.75, 3.05) is 0 Å². The first kappa shape index (κ1) is 12.9. The molecule has 0 fully saturated rings. The zero-order chi connectivity index (χ0) is 13.7. The van der Waals surface area contributed by atoms with E-state index in [2.05, 4.69) is 5.32 Å². The second kappa shape index (κ2) is 5.86. The molecule has 5 nitrogen and oxygen atoms in total. The number of amides is 1. The van der Waals surface area contributed by atoms with Gasteiger partial charge < -0.3 is 14.8 Å². The van der Waals surface area contributed by atoms with Crippen LogP contribution >= 0.6 is 0 Å². The Bertz CT molecular complexity index is 548. The minimum Gasteiger partial charge on any atom is -0.481 e. The van der Waals surface area contributed by atoms with Crippen LogP contribution < -0.4 is 5.32 Å². The minimum atomic E-state index is -1.00. The fraction of sp³-hybridized carbons (Fsp3) is 0.143. The molecule has 0 unspecified atom stereocenters. The van der Waals surface area contributed by atoms with Crippen LogP contribution in [0.25, 0.3) is 0 Å². The number of carboxylic acids is 1. The third-order valence-electron chi connectivity index (χ3n) is 2.61. The minimum absolute atomic E-state index is 0.230. The highest BCUT2D eigenvalue weighted by molar-refractivity contribution is 5.94. The molecule has 5 heteroatoms. The summed E-state index contributed by atoms with van der Waals surface area (Å²) in [5.41, 5.74) is 0.476. The summed E-state index contributed by atoms with van der Waals surface area (Å²) in [6.07, 6.45) is 1.21. The van der Waals surface area contributed by atoms with Gasteiger partial charge in [-0.3, -0.25) is 9.59 Å². The normalized spacial score (nSPS) is 11.8. The lowest BCUT2D eigenvalue weighted by atomic mass is 10.1. The van der Waals surface area contributed by atoms with Gasteiger partial charge in [0.05, 0.1) is 18.7 Å². The number of carboxylic acid groups (broad SMARTS) is 1.